The number of pyridine rings is 1. The van der Waals surface area contributed by atoms with E-state index >= 15 is 0 Å². The molecule has 2 heterocycles. The Hall–Kier alpha value is -3.76. The Labute approximate surface area is 207 Å². The Morgan fingerprint density at radius 3 is 1.86 bits per heavy atom. The number of carbonyl (C=O) groups excluding carboxylic acids is 1. The zero-order valence-corrected chi connectivity index (χ0v) is 19.8. The van der Waals surface area contributed by atoms with Gasteiger partial charge in [-0.2, -0.15) is 0 Å². The molecule has 0 saturated carbocycles. The SMILES string of the molecule is O=C(CC(c1ccccc1)c1ccccc1)NC1CCN(C(c2ccccc2)c2ccncc2)C1. The topological polar surface area (TPSA) is 45.2 Å². The highest BCUT2D eigenvalue weighted by atomic mass is 16.1. The number of aromatic nitrogens is 1. The second kappa shape index (κ2) is 11.1. The predicted octanol–water partition coefficient (Wildman–Crippen LogP) is 5.58. The third-order valence-electron chi connectivity index (χ3n) is 6.88. The number of hydrogen-bond acceptors (Lipinski definition) is 3. The van der Waals surface area contributed by atoms with Crippen molar-refractivity contribution in [2.45, 2.75) is 30.8 Å². The zero-order chi connectivity index (χ0) is 23.9. The van der Waals surface area contributed by atoms with E-state index in [2.05, 4.69) is 81.9 Å². The molecule has 1 fully saturated rings. The molecule has 2 unspecified atom stereocenters. The Morgan fingerprint density at radius 2 is 1.29 bits per heavy atom. The normalized spacial score (nSPS) is 16.8. The van der Waals surface area contributed by atoms with E-state index in [1.54, 1.807) is 0 Å². The van der Waals surface area contributed by atoms with Crippen LogP contribution in [0, 0.1) is 0 Å². The number of benzene rings is 3. The lowest BCUT2D eigenvalue weighted by Crippen LogP contribution is -2.38. The molecular weight excluding hydrogens is 430 g/mol. The maximum Gasteiger partial charge on any atom is 0.221 e. The molecule has 1 amide bonds. The van der Waals surface area contributed by atoms with E-state index in [9.17, 15) is 4.79 Å². The zero-order valence-electron chi connectivity index (χ0n) is 19.8. The molecule has 176 valence electrons. The fourth-order valence-corrected chi connectivity index (χ4v) is 5.21. The van der Waals surface area contributed by atoms with Crippen LogP contribution in [-0.4, -0.2) is 34.9 Å². The van der Waals surface area contributed by atoms with Crippen LogP contribution in [0.5, 0.6) is 0 Å². The van der Waals surface area contributed by atoms with Crippen LogP contribution >= 0.6 is 0 Å². The van der Waals surface area contributed by atoms with Gasteiger partial charge in [-0.1, -0.05) is 91.0 Å². The lowest BCUT2D eigenvalue weighted by atomic mass is 9.88. The molecule has 0 radical (unpaired) electrons. The van der Waals surface area contributed by atoms with Crippen LogP contribution in [0.25, 0.3) is 0 Å². The van der Waals surface area contributed by atoms with Crippen molar-refractivity contribution in [1.82, 2.24) is 15.2 Å². The summed E-state index contributed by atoms with van der Waals surface area (Å²) in [5.41, 5.74) is 4.83. The van der Waals surface area contributed by atoms with Gasteiger partial charge in [-0.15, -0.1) is 0 Å². The van der Waals surface area contributed by atoms with Crippen molar-refractivity contribution >= 4 is 5.91 Å². The number of hydrogen-bond donors (Lipinski definition) is 1. The van der Waals surface area contributed by atoms with Gasteiger partial charge in [0.2, 0.25) is 5.91 Å². The lowest BCUT2D eigenvalue weighted by Gasteiger charge is -2.29. The van der Waals surface area contributed by atoms with Crippen molar-refractivity contribution in [3.8, 4) is 0 Å². The molecule has 35 heavy (non-hydrogen) atoms. The first-order chi connectivity index (χ1) is 17.3. The molecule has 5 rings (SSSR count). The van der Waals surface area contributed by atoms with E-state index < -0.39 is 0 Å². The maximum atomic E-state index is 13.2. The van der Waals surface area contributed by atoms with Crippen molar-refractivity contribution in [1.29, 1.82) is 0 Å². The number of nitrogens with one attached hydrogen (secondary N) is 1. The van der Waals surface area contributed by atoms with E-state index in [1.165, 1.54) is 22.3 Å². The molecule has 0 spiro atoms. The standard InChI is InChI=1S/C31H31N3O/c35-30(22-29(24-10-4-1-5-11-24)25-12-6-2-7-13-25)33-28-18-21-34(23-28)31(26-14-8-3-9-15-26)27-16-19-32-20-17-27/h1-17,19-20,28-29,31H,18,21-23H2,(H,33,35). The van der Waals surface area contributed by atoms with Crippen LogP contribution in [0.1, 0.15) is 47.1 Å². The van der Waals surface area contributed by atoms with E-state index in [0.717, 1.165) is 19.5 Å². The minimum Gasteiger partial charge on any atom is -0.352 e. The highest BCUT2D eigenvalue weighted by Gasteiger charge is 2.31. The Bertz CT molecular complexity index is 1120. The lowest BCUT2D eigenvalue weighted by molar-refractivity contribution is -0.121. The van der Waals surface area contributed by atoms with Crippen molar-refractivity contribution in [2.24, 2.45) is 0 Å². The monoisotopic (exact) mass is 461 g/mol. The quantitative estimate of drug-likeness (QED) is 0.372. The molecule has 0 aliphatic carbocycles. The van der Waals surface area contributed by atoms with Crippen LogP contribution in [-0.2, 0) is 4.79 Å². The minimum absolute atomic E-state index is 0.0452. The van der Waals surface area contributed by atoms with Crippen molar-refractivity contribution in [3.63, 3.8) is 0 Å². The van der Waals surface area contributed by atoms with Gasteiger partial charge < -0.3 is 5.32 Å². The van der Waals surface area contributed by atoms with Crippen molar-refractivity contribution in [2.75, 3.05) is 13.1 Å². The largest absolute Gasteiger partial charge is 0.352 e. The molecular formula is C31H31N3O. The third-order valence-corrected chi connectivity index (χ3v) is 6.88. The van der Waals surface area contributed by atoms with Crippen molar-refractivity contribution < 1.29 is 4.79 Å². The van der Waals surface area contributed by atoms with Gasteiger partial charge in [0.15, 0.2) is 0 Å². The molecule has 1 aromatic heterocycles. The van der Waals surface area contributed by atoms with Crippen LogP contribution in [0.4, 0.5) is 0 Å². The Balaban J connectivity index is 1.28. The average molecular weight is 462 g/mol. The van der Waals surface area contributed by atoms with Crippen LogP contribution in [0.2, 0.25) is 0 Å². The minimum atomic E-state index is 0.0452. The summed E-state index contributed by atoms with van der Waals surface area (Å²) < 4.78 is 0. The average Bonchev–Trinajstić information content (AvgIpc) is 3.37. The highest BCUT2D eigenvalue weighted by molar-refractivity contribution is 5.78. The first kappa shape index (κ1) is 23.0. The van der Waals surface area contributed by atoms with Gasteiger partial charge >= 0.3 is 0 Å². The van der Waals surface area contributed by atoms with Crippen LogP contribution in [0.3, 0.4) is 0 Å². The molecule has 1 aliphatic rings. The molecule has 2 atom stereocenters. The number of amides is 1. The van der Waals surface area contributed by atoms with Gasteiger partial charge in [-0.25, -0.2) is 0 Å². The molecule has 0 bridgehead atoms. The van der Waals surface area contributed by atoms with E-state index in [-0.39, 0.29) is 23.9 Å². The molecule has 1 saturated heterocycles. The molecule has 1 N–H and O–H groups in total. The first-order valence-electron chi connectivity index (χ1n) is 12.4. The summed E-state index contributed by atoms with van der Waals surface area (Å²) in [6, 6.07) is 35.7. The highest BCUT2D eigenvalue weighted by Crippen LogP contribution is 2.32. The smallest absolute Gasteiger partial charge is 0.221 e. The number of likely N-dealkylation sites (tertiary alicyclic amines) is 1. The van der Waals surface area contributed by atoms with E-state index in [0.29, 0.717) is 6.42 Å². The van der Waals surface area contributed by atoms with Gasteiger partial charge in [-0.05, 0) is 40.8 Å². The van der Waals surface area contributed by atoms with Gasteiger partial charge in [0.25, 0.3) is 0 Å². The summed E-state index contributed by atoms with van der Waals surface area (Å²) in [5.74, 6) is 0.151. The van der Waals surface area contributed by atoms with Crippen LogP contribution < -0.4 is 5.32 Å². The fraction of sp³-hybridized carbons (Fsp3) is 0.226. The van der Waals surface area contributed by atoms with Gasteiger partial charge in [-0.3, -0.25) is 14.7 Å². The van der Waals surface area contributed by atoms with Crippen LogP contribution in [0.15, 0.2) is 116 Å². The molecule has 4 aromatic rings. The Kier molecular flexibility index (Phi) is 7.30. The number of carbonyl (C=O) groups is 1. The predicted molar refractivity (Wildman–Crippen MR) is 140 cm³/mol. The molecule has 3 aromatic carbocycles. The molecule has 4 heteroatoms. The number of rotatable bonds is 8. The van der Waals surface area contributed by atoms with Crippen molar-refractivity contribution in [3.05, 3.63) is 138 Å². The Morgan fingerprint density at radius 1 is 0.771 bits per heavy atom. The molecule has 4 nitrogen and oxygen atoms in total. The maximum absolute atomic E-state index is 13.2. The summed E-state index contributed by atoms with van der Waals surface area (Å²) >= 11 is 0. The third kappa shape index (κ3) is 5.67. The molecule has 1 aliphatic heterocycles. The van der Waals surface area contributed by atoms with Gasteiger partial charge in [0, 0.05) is 43.9 Å². The summed E-state index contributed by atoms with van der Waals surface area (Å²) in [6.45, 7) is 1.77. The second-order valence-corrected chi connectivity index (χ2v) is 9.22. The summed E-state index contributed by atoms with van der Waals surface area (Å²) in [4.78, 5) is 19.9. The van der Waals surface area contributed by atoms with Gasteiger partial charge in [0.1, 0.15) is 0 Å². The first-order valence-corrected chi connectivity index (χ1v) is 12.4. The summed E-state index contributed by atoms with van der Waals surface area (Å²) in [7, 11) is 0. The summed E-state index contributed by atoms with van der Waals surface area (Å²) in [6.07, 6.45) is 5.10. The fourth-order valence-electron chi connectivity index (χ4n) is 5.21. The van der Waals surface area contributed by atoms with E-state index in [1.807, 2.05) is 48.8 Å². The number of nitrogens with zero attached hydrogens (tertiary/aromatic N) is 2. The van der Waals surface area contributed by atoms with Gasteiger partial charge in [0.05, 0.1) is 6.04 Å². The van der Waals surface area contributed by atoms with E-state index in [4.69, 9.17) is 0 Å². The summed E-state index contributed by atoms with van der Waals surface area (Å²) in [5, 5.41) is 3.34. The second-order valence-electron chi connectivity index (χ2n) is 9.22.